The molecule has 0 aliphatic carbocycles. The van der Waals surface area contributed by atoms with E-state index in [9.17, 15) is 29.4 Å². The first-order chi connectivity index (χ1) is 18.3. The number of carboxylic acids is 2. The second kappa shape index (κ2) is 12.7. The van der Waals surface area contributed by atoms with E-state index in [4.69, 9.17) is 0 Å². The highest BCUT2D eigenvalue weighted by atomic mass is 16.4. The van der Waals surface area contributed by atoms with Gasteiger partial charge in [-0.2, -0.15) is 0 Å². The number of nitrogens with zero attached hydrogens (tertiary/aromatic N) is 2. The topological polar surface area (TPSA) is 115 Å². The van der Waals surface area contributed by atoms with E-state index in [0.717, 1.165) is 11.1 Å². The lowest BCUT2D eigenvalue weighted by Crippen LogP contribution is -2.45. The Labute approximate surface area is 223 Å². The molecular weight excluding hydrogens is 484 g/mol. The molecule has 8 heteroatoms. The van der Waals surface area contributed by atoms with Crippen LogP contribution in [0.25, 0.3) is 0 Å². The van der Waals surface area contributed by atoms with E-state index in [1.165, 1.54) is 9.80 Å². The van der Waals surface area contributed by atoms with Crippen LogP contribution < -0.4 is 0 Å². The van der Waals surface area contributed by atoms with Crippen molar-refractivity contribution in [3.05, 3.63) is 71.8 Å². The maximum atomic E-state index is 13.7. The molecule has 0 spiro atoms. The van der Waals surface area contributed by atoms with Crippen molar-refractivity contribution in [3.8, 4) is 0 Å². The second-order valence-electron chi connectivity index (χ2n) is 10.4. The molecule has 2 aromatic rings. The van der Waals surface area contributed by atoms with E-state index in [1.807, 2.05) is 60.7 Å². The molecule has 0 saturated carbocycles. The largest absolute Gasteiger partial charge is 0.480 e. The van der Waals surface area contributed by atoms with Crippen LogP contribution >= 0.6 is 0 Å². The van der Waals surface area contributed by atoms with Crippen molar-refractivity contribution < 1.29 is 29.4 Å². The molecule has 0 aromatic heterocycles. The number of carbonyl (C=O) groups is 4. The zero-order chi connectivity index (χ0) is 27.1. The summed E-state index contributed by atoms with van der Waals surface area (Å²) in [6, 6.07) is 17.6. The van der Waals surface area contributed by atoms with Crippen molar-refractivity contribution in [1.29, 1.82) is 0 Å². The van der Waals surface area contributed by atoms with Crippen molar-refractivity contribution in [3.63, 3.8) is 0 Å². The summed E-state index contributed by atoms with van der Waals surface area (Å²) in [5, 5.41) is 19.3. The Kier molecular flexibility index (Phi) is 9.15. The Morgan fingerprint density at radius 1 is 0.658 bits per heavy atom. The van der Waals surface area contributed by atoms with Gasteiger partial charge in [0, 0.05) is 24.9 Å². The quantitative estimate of drug-likeness (QED) is 0.468. The number of carbonyl (C=O) groups excluding carboxylic acids is 2. The lowest BCUT2D eigenvalue weighted by atomic mass is 9.86. The first-order valence-corrected chi connectivity index (χ1v) is 13.5. The zero-order valence-electron chi connectivity index (χ0n) is 21.6. The SMILES string of the molecule is O=C(O)[C@H]1CCCN1C(=O)C(CCC(Cc1ccccc1)C(=O)N1CCC[C@@H]1C(=O)O)Cc1ccccc1. The summed E-state index contributed by atoms with van der Waals surface area (Å²) in [5.41, 5.74) is 1.96. The van der Waals surface area contributed by atoms with Gasteiger partial charge in [0.15, 0.2) is 0 Å². The number of amides is 2. The number of aliphatic carboxylic acids is 2. The maximum Gasteiger partial charge on any atom is 0.326 e. The van der Waals surface area contributed by atoms with Gasteiger partial charge < -0.3 is 20.0 Å². The minimum absolute atomic E-state index is 0.186. The van der Waals surface area contributed by atoms with Crippen molar-refractivity contribution in [2.75, 3.05) is 13.1 Å². The fraction of sp³-hybridized carbons (Fsp3) is 0.467. The molecule has 38 heavy (non-hydrogen) atoms. The highest BCUT2D eigenvalue weighted by Crippen LogP contribution is 2.29. The lowest BCUT2D eigenvalue weighted by Gasteiger charge is -2.30. The number of hydrogen-bond donors (Lipinski definition) is 2. The molecule has 4 atom stereocenters. The van der Waals surface area contributed by atoms with Crippen molar-refractivity contribution in [1.82, 2.24) is 9.80 Å². The maximum absolute atomic E-state index is 13.7. The van der Waals surface area contributed by atoms with Gasteiger partial charge in [-0.1, -0.05) is 60.7 Å². The van der Waals surface area contributed by atoms with E-state index in [2.05, 4.69) is 0 Å². The van der Waals surface area contributed by atoms with Crippen LogP contribution in [0, 0.1) is 11.8 Å². The molecule has 8 nitrogen and oxygen atoms in total. The molecule has 2 aromatic carbocycles. The smallest absolute Gasteiger partial charge is 0.326 e. The number of benzene rings is 2. The first kappa shape index (κ1) is 27.4. The summed E-state index contributed by atoms with van der Waals surface area (Å²) in [7, 11) is 0. The van der Waals surface area contributed by atoms with Crippen molar-refractivity contribution in [2.24, 2.45) is 11.8 Å². The summed E-state index contributed by atoms with van der Waals surface area (Å²) < 4.78 is 0. The van der Waals surface area contributed by atoms with Gasteiger partial charge >= 0.3 is 11.9 Å². The van der Waals surface area contributed by atoms with Gasteiger partial charge in [0.05, 0.1) is 0 Å². The van der Waals surface area contributed by atoms with Gasteiger partial charge in [0.25, 0.3) is 0 Å². The Morgan fingerprint density at radius 3 is 1.37 bits per heavy atom. The van der Waals surface area contributed by atoms with Crippen LogP contribution in [-0.4, -0.2) is 68.9 Å². The average molecular weight is 521 g/mol. The summed E-state index contributed by atoms with van der Waals surface area (Å²) in [5.74, 6) is -3.29. The van der Waals surface area contributed by atoms with Crippen LogP contribution in [0.4, 0.5) is 0 Å². The average Bonchev–Trinajstić information content (AvgIpc) is 3.61. The lowest BCUT2D eigenvalue weighted by molar-refractivity contribution is -0.151. The van der Waals surface area contributed by atoms with Gasteiger partial charge in [-0.3, -0.25) is 9.59 Å². The molecule has 4 rings (SSSR count). The fourth-order valence-corrected chi connectivity index (χ4v) is 5.87. The van der Waals surface area contributed by atoms with Crippen LogP contribution in [0.3, 0.4) is 0 Å². The summed E-state index contributed by atoms with van der Waals surface area (Å²) in [4.78, 5) is 54.0. The summed E-state index contributed by atoms with van der Waals surface area (Å²) in [6.07, 6.45) is 3.92. The fourth-order valence-electron chi connectivity index (χ4n) is 5.87. The van der Waals surface area contributed by atoms with E-state index in [0.29, 0.717) is 64.5 Å². The number of carboxylic acid groups (broad SMARTS) is 2. The molecule has 0 bridgehead atoms. The Morgan fingerprint density at radius 2 is 1.03 bits per heavy atom. The Balaban J connectivity index is 1.56. The highest BCUT2D eigenvalue weighted by Gasteiger charge is 2.39. The van der Waals surface area contributed by atoms with Crippen LogP contribution in [0.2, 0.25) is 0 Å². The van der Waals surface area contributed by atoms with Crippen molar-refractivity contribution >= 4 is 23.8 Å². The van der Waals surface area contributed by atoms with Gasteiger partial charge in [-0.15, -0.1) is 0 Å². The third kappa shape index (κ3) is 6.60. The van der Waals surface area contributed by atoms with E-state index >= 15 is 0 Å². The summed E-state index contributed by atoms with van der Waals surface area (Å²) >= 11 is 0. The monoisotopic (exact) mass is 520 g/mol. The molecule has 2 amide bonds. The molecule has 2 aliphatic rings. The van der Waals surface area contributed by atoms with Crippen LogP contribution in [0.1, 0.15) is 49.7 Å². The highest BCUT2D eigenvalue weighted by molar-refractivity contribution is 5.87. The minimum Gasteiger partial charge on any atom is -0.480 e. The molecule has 2 N–H and O–H groups in total. The third-order valence-corrected chi connectivity index (χ3v) is 7.85. The second-order valence-corrected chi connectivity index (χ2v) is 10.4. The predicted molar refractivity (Wildman–Crippen MR) is 141 cm³/mol. The molecule has 202 valence electrons. The molecule has 2 aliphatic heterocycles. The van der Waals surface area contributed by atoms with Crippen molar-refractivity contribution in [2.45, 2.75) is 63.5 Å². The van der Waals surface area contributed by atoms with Gasteiger partial charge in [-0.05, 0) is 62.5 Å². The third-order valence-electron chi connectivity index (χ3n) is 7.85. The molecule has 2 heterocycles. The number of hydrogen-bond acceptors (Lipinski definition) is 4. The molecule has 2 unspecified atom stereocenters. The Bertz CT molecular complexity index is 1030. The first-order valence-electron chi connectivity index (χ1n) is 13.5. The van der Waals surface area contributed by atoms with Crippen LogP contribution in [-0.2, 0) is 32.0 Å². The minimum atomic E-state index is -0.986. The molecule has 2 saturated heterocycles. The summed E-state index contributed by atoms with van der Waals surface area (Å²) in [6.45, 7) is 0.836. The van der Waals surface area contributed by atoms with Gasteiger partial charge in [0.1, 0.15) is 12.1 Å². The van der Waals surface area contributed by atoms with Gasteiger partial charge in [0.2, 0.25) is 11.8 Å². The molecule has 2 fully saturated rings. The zero-order valence-corrected chi connectivity index (χ0v) is 21.6. The van der Waals surface area contributed by atoms with Gasteiger partial charge in [-0.25, -0.2) is 9.59 Å². The Hall–Kier alpha value is -3.68. The predicted octanol–water partition coefficient (Wildman–Crippen LogP) is 3.64. The number of rotatable bonds is 11. The van der Waals surface area contributed by atoms with E-state index in [-0.39, 0.29) is 11.8 Å². The van der Waals surface area contributed by atoms with E-state index in [1.54, 1.807) is 0 Å². The van der Waals surface area contributed by atoms with Crippen LogP contribution in [0.15, 0.2) is 60.7 Å². The standard InChI is InChI=1S/C30H36N2O6/c33-27(31-17-7-13-25(31)29(35)36)23(19-21-9-3-1-4-10-21)15-16-24(20-22-11-5-2-6-12-22)28(34)32-18-8-14-26(32)30(37)38/h1-6,9-12,23-26H,7-8,13-20H2,(H,35,36)(H,37,38)/t23?,24?,25-,26-/m1/s1. The normalized spacial score (nSPS) is 20.7. The molecular formula is C30H36N2O6. The molecule has 0 radical (unpaired) electrons. The number of likely N-dealkylation sites (tertiary alicyclic amines) is 2. The van der Waals surface area contributed by atoms with E-state index < -0.39 is 35.9 Å². The van der Waals surface area contributed by atoms with Crippen LogP contribution in [0.5, 0.6) is 0 Å².